The lowest BCUT2D eigenvalue weighted by Crippen LogP contribution is -2.04. The van der Waals surface area contributed by atoms with E-state index in [1.165, 1.54) is 19.3 Å². The van der Waals surface area contributed by atoms with Crippen LogP contribution in [-0.4, -0.2) is 25.7 Å². The van der Waals surface area contributed by atoms with Crippen molar-refractivity contribution in [1.29, 1.82) is 0 Å². The summed E-state index contributed by atoms with van der Waals surface area (Å²) in [6, 6.07) is 6.86. The van der Waals surface area contributed by atoms with E-state index in [9.17, 15) is 9.59 Å². The fourth-order valence-corrected chi connectivity index (χ4v) is 1.29. The first kappa shape index (κ1) is 13.0. The molecule has 0 atom stereocenters. The van der Waals surface area contributed by atoms with Gasteiger partial charge in [-0.25, -0.2) is 9.59 Å². The molecule has 90 valence electrons. The maximum atomic E-state index is 11.4. The highest BCUT2D eigenvalue weighted by Crippen LogP contribution is 2.11. The number of carbonyl (C=O) groups excluding carboxylic acids is 2. The third-order valence-electron chi connectivity index (χ3n) is 2.05. The van der Waals surface area contributed by atoms with E-state index >= 15 is 0 Å². The molecule has 1 aromatic carbocycles. The Morgan fingerprint density at radius 1 is 1.29 bits per heavy atom. The second-order valence-electron chi connectivity index (χ2n) is 3.16. The molecular formula is C13H14O4. The summed E-state index contributed by atoms with van der Waals surface area (Å²) >= 11 is 0. The molecule has 4 heteroatoms. The molecule has 0 aliphatic carbocycles. The lowest BCUT2D eigenvalue weighted by atomic mass is 10.1. The van der Waals surface area contributed by atoms with Crippen LogP contribution in [0.3, 0.4) is 0 Å². The molecule has 0 aliphatic rings. The fourth-order valence-electron chi connectivity index (χ4n) is 1.29. The molecular weight excluding hydrogens is 220 g/mol. The van der Waals surface area contributed by atoms with Gasteiger partial charge < -0.3 is 9.47 Å². The first-order valence-electron chi connectivity index (χ1n) is 5.21. The van der Waals surface area contributed by atoms with Crippen molar-refractivity contribution in [3.05, 3.63) is 41.5 Å². The molecule has 4 nitrogen and oxygen atoms in total. The molecule has 0 saturated carbocycles. The Kier molecular flexibility index (Phi) is 4.94. The minimum Gasteiger partial charge on any atom is -0.465 e. The van der Waals surface area contributed by atoms with E-state index in [4.69, 9.17) is 4.74 Å². The van der Waals surface area contributed by atoms with Gasteiger partial charge in [-0.15, -0.1) is 0 Å². The molecule has 0 spiro atoms. The van der Waals surface area contributed by atoms with Gasteiger partial charge in [0.1, 0.15) is 0 Å². The molecule has 0 N–H and O–H groups in total. The molecule has 0 heterocycles. The topological polar surface area (TPSA) is 52.6 Å². The summed E-state index contributed by atoms with van der Waals surface area (Å²) < 4.78 is 9.39. The van der Waals surface area contributed by atoms with Crippen LogP contribution in [0.1, 0.15) is 22.8 Å². The van der Waals surface area contributed by atoms with Crippen LogP contribution in [0, 0.1) is 0 Å². The zero-order valence-corrected chi connectivity index (χ0v) is 9.80. The van der Waals surface area contributed by atoms with Crippen molar-refractivity contribution in [2.24, 2.45) is 0 Å². The largest absolute Gasteiger partial charge is 0.465 e. The minimum absolute atomic E-state index is 0.321. The number of hydrogen-bond donors (Lipinski definition) is 0. The number of esters is 2. The van der Waals surface area contributed by atoms with Gasteiger partial charge in [-0.1, -0.05) is 18.2 Å². The second kappa shape index (κ2) is 6.48. The Bertz CT molecular complexity index is 435. The van der Waals surface area contributed by atoms with Crippen molar-refractivity contribution < 1.29 is 19.1 Å². The lowest BCUT2D eigenvalue weighted by molar-refractivity contribution is -0.137. The van der Waals surface area contributed by atoms with E-state index in [2.05, 4.69) is 4.74 Å². The average Bonchev–Trinajstić information content (AvgIpc) is 2.36. The first-order valence-corrected chi connectivity index (χ1v) is 5.21. The highest BCUT2D eigenvalue weighted by atomic mass is 16.5. The standard InChI is InChI=1S/C13H14O4/c1-3-17-12(14)9-8-10-6-4-5-7-11(10)13(15)16-2/h4-9H,3H2,1-2H3/b9-8-. The van der Waals surface area contributed by atoms with Crippen LogP contribution in [0.5, 0.6) is 0 Å². The van der Waals surface area contributed by atoms with Crippen LogP contribution in [0.15, 0.2) is 30.3 Å². The number of ether oxygens (including phenoxy) is 2. The third kappa shape index (κ3) is 3.75. The quantitative estimate of drug-likeness (QED) is 0.591. The Morgan fingerprint density at radius 3 is 2.65 bits per heavy atom. The van der Waals surface area contributed by atoms with E-state index in [0.717, 1.165) is 0 Å². The molecule has 1 aromatic rings. The Hall–Kier alpha value is -2.10. The predicted octanol–water partition coefficient (Wildman–Crippen LogP) is 2.05. The zero-order chi connectivity index (χ0) is 12.7. The lowest BCUT2D eigenvalue weighted by Gasteiger charge is -2.03. The van der Waals surface area contributed by atoms with Crippen LogP contribution < -0.4 is 0 Å². The van der Waals surface area contributed by atoms with Gasteiger partial charge in [0.05, 0.1) is 19.3 Å². The summed E-state index contributed by atoms with van der Waals surface area (Å²) in [6.07, 6.45) is 2.82. The summed E-state index contributed by atoms with van der Waals surface area (Å²) in [5, 5.41) is 0. The average molecular weight is 234 g/mol. The molecule has 0 unspecified atom stereocenters. The molecule has 0 radical (unpaired) electrons. The molecule has 1 rings (SSSR count). The van der Waals surface area contributed by atoms with Crippen molar-refractivity contribution in [2.45, 2.75) is 6.92 Å². The Morgan fingerprint density at radius 2 is 2.00 bits per heavy atom. The van der Waals surface area contributed by atoms with Crippen LogP contribution in [0.4, 0.5) is 0 Å². The van der Waals surface area contributed by atoms with Gasteiger partial charge in [0.25, 0.3) is 0 Å². The maximum absolute atomic E-state index is 11.4. The summed E-state index contributed by atoms with van der Waals surface area (Å²) in [6.45, 7) is 2.05. The number of carbonyl (C=O) groups is 2. The molecule has 0 saturated heterocycles. The van der Waals surface area contributed by atoms with Gasteiger partial charge in [-0.3, -0.25) is 0 Å². The van der Waals surface area contributed by atoms with Gasteiger partial charge in [-0.05, 0) is 24.6 Å². The van der Waals surface area contributed by atoms with Crippen LogP contribution in [0.25, 0.3) is 6.08 Å². The number of rotatable bonds is 4. The zero-order valence-electron chi connectivity index (χ0n) is 9.80. The summed E-state index contributed by atoms with van der Waals surface area (Å²) in [5.41, 5.74) is 1.03. The van der Waals surface area contributed by atoms with Crippen molar-refractivity contribution in [2.75, 3.05) is 13.7 Å². The van der Waals surface area contributed by atoms with Crippen molar-refractivity contribution >= 4 is 18.0 Å². The highest BCUT2D eigenvalue weighted by molar-refractivity contribution is 5.95. The predicted molar refractivity (Wildman–Crippen MR) is 63.4 cm³/mol. The van der Waals surface area contributed by atoms with E-state index in [1.807, 2.05) is 0 Å². The summed E-state index contributed by atoms with van der Waals surface area (Å²) in [4.78, 5) is 22.6. The van der Waals surface area contributed by atoms with Crippen LogP contribution in [-0.2, 0) is 14.3 Å². The molecule has 0 fully saturated rings. The van der Waals surface area contributed by atoms with Crippen molar-refractivity contribution in [3.63, 3.8) is 0 Å². The minimum atomic E-state index is -0.438. The monoisotopic (exact) mass is 234 g/mol. The first-order chi connectivity index (χ1) is 8.19. The van der Waals surface area contributed by atoms with Gasteiger partial charge in [0.15, 0.2) is 0 Å². The molecule has 0 bridgehead atoms. The van der Waals surface area contributed by atoms with Crippen molar-refractivity contribution in [1.82, 2.24) is 0 Å². The maximum Gasteiger partial charge on any atom is 0.338 e. The normalized spacial score (nSPS) is 10.2. The highest BCUT2D eigenvalue weighted by Gasteiger charge is 2.08. The van der Waals surface area contributed by atoms with Gasteiger partial charge in [0.2, 0.25) is 0 Å². The number of hydrogen-bond acceptors (Lipinski definition) is 4. The number of benzene rings is 1. The smallest absolute Gasteiger partial charge is 0.338 e. The molecule has 0 aliphatic heterocycles. The second-order valence-corrected chi connectivity index (χ2v) is 3.16. The van der Waals surface area contributed by atoms with E-state index < -0.39 is 11.9 Å². The molecule has 0 aromatic heterocycles. The van der Waals surface area contributed by atoms with E-state index in [0.29, 0.717) is 17.7 Å². The van der Waals surface area contributed by atoms with Gasteiger partial charge in [0, 0.05) is 6.08 Å². The van der Waals surface area contributed by atoms with E-state index in [-0.39, 0.29) is 0 Å². The third-order valence-corrected chi connectivity index (χ3v) is 2.05. The summed E-state index contributed by atoms with van der Waals surface area (Å²) in [5.74, 6) is -0.874. The van der Waals surface area contributed by atoms with E-state index in [1.54, 1.807) is 31.2 Å². The Labute approximate surface area is 99.8 Å². The Balaban J connectivity index is 2.91. The molecule has 17 heavy (non-hydrogen) atoms. The fraction of sp³-hybridized carbons (Fsp3) is 0.231. The van der Waals surface area contributed by atoms with Gasteiger partial charge >= 0.3 is 11.9 Å². The van der Waals surface area contributed by atoms with Crippen LogP contribution in [0.2, 0.25) is 0 Å². The summed E-state index contributed by atoms with van der Waals surface area (Å²) in [7, 11) is 1.31. The van der Waals surface area contributed by atoms with Crippen molar-refractivity contribution in [3.8, 4) is 0 Å². The van der Waals surface area contributed by atoms with Gasteiger partial charge in [-0.2, -0.15) is 0 Å². The van der Waals surface area contributed by atoms with Crippen LogP contribution >= 0.6 is 0 Å². The molecule has 0 amide bonds. The number of methoxy groups -OCH3 is 1. The SMILES string of the molecule is CCOC(=O)/C=C\c1ccccc1C(=O)OC.